The van der Waals surface area contributed by atoms with Gasteiger partial charge in [0, 0.05) is 11.3 Å². The van der Waals surface area contributed by atoms with Gasteiger partial charge in [-0.2, -0.15) is 0 Å². The predicted molar refractivity (Wildman–Crippen MR) is 115 cm³/mol. The summed E-state index contributed by atoms with van der Waals surface area (Å²) in [5.74, 6) is -0.646. The Morgan fingerprint density at radius 2 is 1.77 bits per heavy atom. The number of hydrogen-bond donors (Lipinski definition) is 4. The second-order valence-electron chi connectivity index (χ2n) is 7.39. The van der Waals surface area contributed by atoms with Crippen molar-refractivity contribution in [2.24, 2.45) is 0 Å². The molecule has 1 saturated carbocycles. The van der Waals surface area contributed by atoms with Crippen molar-refractivity contribution in [2.45, 2.75) is 32.2 Å². The molecule has 0 bridgehead atoms. The molecule has 4 N–H and O–H groups in total. The molecule has 0 spiro atoms. The van der Waals surface area contributed by atoms with E-state index in [-0.39, 0.29) is 5.91 Å². The average Bonchev–Trinajstić information content (AvgIpc) is 3.34. The zero-order valence-electron chi connectivity index (χ0n) is 16.4. The zero-order chi connectivity index (χ0) is 21.5. The summed E-state index contributed by atoms with van der Waals surface area (Å²) in [5, 5.41) is 17.2. The van der Waals surface area contributed by atoms with Gasteiger partial charge in [-0.1, -0.05) is 29.5 Å². The van der Waals surface area contributed by atoms with Crippen molar-refractivity contribution in [3.8, 4) is 0 Å². The monoisotopic (exact) mass is 424 g/mol. The van der Waals surface area contributed by atoms with E-state index in [4.69, 9.17) is 5.11 Å². The molecule has 3 aromatic rings. The third-order valence-electron chi connectivity index (χ3n) is 5.12. The fourth-order valence-electron chi connectivity index (χ4n) is 3.27. The maximum Gasteiger partial charge on any atom is 0.405 e. The van der Waals surface area contributed by atoms with E-state index < -0.39 is 17.5 Å². The Balaban J connectivity index is 1.52. The second kappa shape index (κ2) is 7.42. The lowest BCUT2D eigenvalue weighted by Gasteiger charge is -2.13. The minimum atomic E-state index is -1.23. The number of anilines is 2. The van der Waals surface area contributed by atoms with Crippen LogP contribution in [0.25, 0.3) is 10.2 Å². The van der Waals surface area contributed by atoms with Crippen molar-refractivity contribution >= 4 is 50.3 Å². The van der Waals surface area contributed by atoms with Crippen molar-refractivity contribution in [1.82, 2.24) is 10.3 Å². The average molecular weight is 424 g/mol. The maximum absolute atomic E-state index is 12.7. The number of benzene rings is 2. The molecule has 8 nitrogen and oxygen atoms in total. The molecule has 154 valence electrons. The first-order valence-electron chi connectivity index (χ1n) is 9.38. The molecule has 1 fully saturated rings. The summed E-state index contributed by atoms with van der Waals surface area (Å²) in [6, 6.07) is 11.0. The van der Waals surface area contributed by atoms with E-state index in [1.165, 1.54) is 11.3 Å². The molecule has 0 saturated heterocycles. The highest BCUT2D eigenvalue weighted by molar-refractivity contribution is 7.22. The van der Waals surface area contributed by atoms with Crippen LogP contribution < -0.4 is 16.0 Å². The lowest BCUT2D eigenvalue weighted by molar-refractivity contribution is -0.119. The van der Waals surface area contributed by atoms with Gasteiger partial charge in [-0.15, -0.1) is 0 Å². The van der Waals surface area contributed by atoms with Crippen LogP contribution in [0.5, 0.6) is 0 Å². The number of para-hydroxylation sites is 1. The van der Waals surface area contributed by atoms with Gasteiger partial charge in [0.05, 0.1) is 10.2 Å². The predicted octanol–water partition coefficient (Wildman–Crippen LogP) is 3.90. The largest absolute Gasteiger partial charge is 0.465 e. The Morgan fingerprint density at radius 1 is 1.07 bits per heavy atom. The van der Waals surface area contributed by atoms with Crippen LogP contribution >= 0.6 is 11.3 Å². The number of aryl methyl sites for hydroxylation is 2. The van der Waals surface area contributed by atoms with E-state index in [1.54, 1.807) is 18.2 Å². The van der Waals surface area contributed by atoms with Crippen molar-refractivity contribution in [3.05, 3.63) is 53.1 Å². The van der Waals surface area contributed by atoms with Gasteiger partial charge in [0.2, 0.25) is 0 Å². The number of carbonyl (C=O) groups is 3. The molecule has 4 rings (SSSR count). The Labute approximate surface area is 176 Å². The van der Waals surface area contributed by atoms with Crippen molar-refractivity contribution in [1.29, 1.82) is 0 Å². The van der Waals surface area contributed by atoms with Gasteiger partial charge in [0.15, 0.2) is 5.13 Å². The smallest absolute Gasteiger partial charge is 0.405 e. The third-order valence-corrected chi connectivity index (χ3v) is 6.06. The van der Waals surface area contributed by atoms with Crippen LogP contribution in [0, 0.1) is 13.8 Å². The first kappa shape index (κ1) is 19.8. The highest BCUT2D eigenvalue weighted by Gasteiger charge is 2.51. The molecule has 0 unspecified atom stereocenters. The van der Waals surface area contributed by atoms with Gasteiger partial charge in [0.25, 0.3) is 11.8 Å². The second-order valence-corrected chi connectivity index (χ2v) is 8.42. The van der Waals surface area contributed by atoms with E-state index >= 15 is 0 Å². The number of thiazole rings is 1. The number of carbonyl (C=O) groups excluding carboxylic acids is 2. The fourth-order valence-corrected chi connectivity index (χ4v) is 4.17. The van der Waals surface area contributed by atoms with Crippen LogP contribution in [0.15, 0.2) is 36.4 Å². The van der Waals surface area contributed by atoms with Crippen molar-refractivity contribution < 1.29 is 19.5 Å². The Kier molecular flexibility index (Phi) is 4.90. The number of hydrogen-bond acceptors (Lipinski definition) is 5. The van der Waals surface area contributed by atoms with E-state index in [0.717, 1.165) is 21.5 Å². The van der Waals surface area contributed by atoms with Crippen LogP contribution in [0.2, 0.25) is 0 Å². The van der Waals surface area contributed by atoms with Crippen LogP contribution in [-0.2, 0) is 4.79 Å². The highest BCUT2D eigenvalue weighted by Crippen LogP contribution is 2.37. The van der Waals surface area contributed by atoms with Crippen LogP contribution in [-0.4, -0.2) is 33.5 Å². The quantitative estimate of drug-likeness (QED) is 0.495. The number of fused-ring (bicyclic) bond motifs is 1. The molecule has 0 radical (unpaired) electrons. The molecule has 1 aliphatic rings. The van der Waals surface area contributed by atoms with Gasteiger partial charge in [-0.3, -0.25) is 14.9 Å². The molecule has 2 aromatic carbocycles. The third kappa shape index (κ3) is 3.84. The lowest BCUT2D eigenvalue weighted by Crippen LogP contribution is -2.45. The zero-order valence-corrected chi connectivity index (χ0v) is 17.2. The van der Waals surface area contributed by atoms with E-state index in [0.29, 0.717) is 29.1 Å². The van der Waals surface area contributed by atoms with Crippen LogP contribution in [0.3, 0.4) is 0 Å². The first-order valence-corrected chi connectivity index (χ1v) is 10.2. The number of nitrogens with one attached hydrogen (secondary N) is 3. The van der Waals surface area contributed by atoms with E-state index in [9.17, 15) is 14.4 Å². The Bertz CT molecular complexity index is 1160. The van der Waals surface area contributed by atoms with E-state index in [1.807, 2.05) is 32.0 Å². The summed E-state index contributed by atoms with van der Waals surface area (Å²) < 4.78 is 0.746. The molecule has 1 aliphatic carbocycles. The summed E-state index contributed by atoms with van der Waals surface area (Å²) in [5.41, 5.74) is 2.82. The Hall–Kier alpha value is -3.46. The maximum atomic E-state index is 12.7. The molecule has 9 heteroatoms. The summed E-state index contributed by atoms with van der Waals surface area (Å²) >= 11 is 1.23. The number of amides is 3. The SMILES string of the molecule is Cc1cccc(C)c1NC(=O)c1ccc2nc(NC(=O)C3(NC(=O)O)CC3)sc2c1. The van der Waals surface area contributed by atoms with Gasteiger partial charge in [0.1, 0.15) is 5.54 Å². The van der Waals surface area contributed by atoms with Gasteiger partial charge < -0.3 is 15.7 Å². The van der Waals surface area contributed by atoms with Crippen LogP contribution in [0.1, 0.15) is 34.3 Å². The summed E-state index contributed by atoms with van der Waals surface area (Å²) in [6.07, 6.45) is -0.316. The Morgan fingerprint density at radius 3 is 2.40 bits per heavy atom. The molecule has 1 aromatic heterocycles. The molecule has 1 heterocycles. The number of aromatic nitrogens is 1. The normalized spacial score (nSPS) is 14.2. The topological polar surface area (TPSA) is 120 Å². The van der Waals surface area contributed by atoms with Gasteiger partial charge >= 0.3 is 6.09 Å². The standard InChI is InChI=1S/C21H20N4O4S/c1-11-4-3-5-12(2)16(11)23-17(26)13-6-7-14-15(10-13)30-19(22-14)24-18(27)21(8-9-21)25-20(28)29/h3-7,10,25H,8-9H2,1-2H3,(H,23,26)(H,28,29)(H,22,24,27). The van der Waals surface area contributed by atoms with Gasteiger partial charge in [-0.05, 0) is 56.0 Å². The first-order chi connectivity index (χ1) is 14.3. The highest BCUT2D eigenvalue weighted by atomic mass is 32.1. The molecular weight excluding hydrogens is 404 g/mol. The fraction of sp³-hybridized carbons (Fsp3) is 0.238. The molecular formula is C21H20N4O4S. The summed E-state index contributed by atoms with van der Waals surface area (Å²) in [7, 11) is 0. The number of nitrogens with zero attached hydrogens (tertiary/aromatic N) is 1. The minimum absolute atomic E-state index is 0.226. The number of rotatable bonds is 5. The molecule has 30 heavy (non-hydrogen) atoms. The van der Waals surface area contributed by atoms with Crippen molar-refractivity contribution in [3.63, 3.8) is 0 Å². The van der Waals surface area contributed by atoms with Crippen molar-refractivity contribution in [2.75, 3.05) is 10.6 Å². The summed E-state index contributed by atoms with van der Waals surface area (Å²) in [4.78, 5) is 40.4. The molecule has 0 atom stereocenters. The molecule has 0 aliphatic heterocycles. The van der Waals surface area contributed by atoms with Gasteiger partial charge in [-0.25, -0.2) is 9.78 Å². The molecule has 3 amide bonds. The summed E-state index contributed by atoms with van der Waals surface area (Å²) in [6.45, 7) is 3.88. The lowest BCUT2D eigenvalue weighted by atomic mass is 10.1. The minimum Gasteiger partial charge on any atom is -0.465 e. The van der Waals surface area contributed by atoms with E-state index in [2.05, 4.69) is 20.9 Å². The number of carboxylic acid groups (broad SMARTS) is 1. The van der Waals surface area contributed by atoms with Crippen LogP contribution in [0.4, 0.5) is 15.6 Å².